The van der Waals surface area contributed by atoms with Gasteiger partial charge in [0, 0.05) is 27.9 Å². The minimum absolute atomic E-state index is 0.222. The predicted molar refractivity (Wildman–Crippen MR) is 91.1 cm³/mol. The van der Waals surface area contributed by atoms with Gasteiger partial charge >= 0.3 is 5.95 Å². The molecule has 0 aliphatic carbocycles. The Bertz CT molecular complexity index is 940. The molecule has 3 aromatic rings. The van der Waals surface area contributed by atoms with Crippen molar-refractivity contribution < 1.29 is 9.52 Å². The average Bonchev–Trinajstić information content (AvgIpc) is 3.13. The first-order valence-corrected chi connectivity index (χ1v) is 7.39. The molecule has 1 aromatic heterocycles. The standard InChI is InChI=1S/C18H11ClN2O2/c19-13-7-5-11(6-8-13)17-21-16(18(22)23-17)9-12-10-20-15-4-2-1-3-14(12)15/h1-10,22H/b12-9-. The van der Waals surface area contributed by atoms with Gasteiger partial charge in [0.15, 0.2) is 0 Å². The van der Waals surface area contributed by atoms with Gasteiger partial charge in [-0.15, -0.1) is 0 Å². The normalized spacial score (nSPS) is 14.4. The molecule has 23 heavy (non-hydrogen) atoms. The summed E-state index contributed by atoms with van der Waals surface area (Å²) in [4.78, 5) is 8.68. The number of para-hydroxylation sites is 1. The molecule has 0 saturated heterocycles. The summed E-state index contributed by atoms with van der Waals surface area (Å²) in [6.07, 6.45) is 3.51. The van der Waals surface area contributed by atoms with Crippen LogP contribution in [-0.2, 0) is 0 Å². The van der Waals surface area contributed by atoms with Crippen LogP contribution in [0.5, 0.6) is 5.95 Å². The van der Waals surface area contributed by atoms with E-state index < -0.39 is 0 Å². The molecule has 5 heteroatoms. The molecule has 0 radical (unpaired) electrons. The van der Waals surface area contributed by atoms with Crippen LogP contribution in [0.4, 0.5) is 5.69 Å². The van der Waals surface area contributed by atoms with Gasteiger partial charge < -0.3 is 9.52 Å². The van der Waals surface area contributed by atoms with Gasteiger partial charge in [0.05, 0.1) is 5.69 Å². The van der Waals surface area contributed by atoms with Crippen LogP contribution in [0.25, 0.3) is 23.1 Å². The highest BCUT2D eigenvalue weighted by molar-refractivity contribution is 6.30. The fourth-order valence-corrected chi connectivity index (χ4v) is 2.56. The van der Waals surface area contributed by atoms with Crippen LogP contribution < -0.4 is 0 Å². The van der Waals surface area contributed by atoms with Crippen LogP contribution in [-0.4, -0.2) is 16.3 Å². The van der Waals surface area contributed by atoms with E-state index in [0.717, 1.165) is 22.4 Å². The van der Waals surface area contributed by atoms with Crippen LogP contribution in [0.15, 0.2) is 57.9 Å². The summed E-state index contributed by atoms with van der Waals surface area (Å²) in [5.74, 6) is 0.120. The van der Waals surface area contributed by atoms with E-state index in [1.807, 2.05) is 24.3 Å². The molecule has 2 heterocycles. The molecule has 0 bridgehead atoms. The largest absolute Gasteiger partial charge is 0.479 e. The molecule has 0 fully saturated rings. The quantitative estimate of drug-likeness (QED) is 0.725. The summed E-state index contributed by atoms with van der Waals surface area (Å²) >= 11 is 5.87. The Labute approximate surface area is 137 Å². The first-order valence-electron chi connectivity index (χ1n) is 7.01. The fraction of sp³-hybridized carbons (Fsp3) is 0. The van der Waals surface area contributed by atoms with Crippen LogP contribution in [0.3, 0.4) is 0 Å². The van der Waals surface area contributed by atoms with Crippen LogP contribution in [0.2, 0.25) is 5.02 Å². The maximum Gasteiger partial charge on any atom is 0.310 e. The number of aromatic nitrogens is 1. The number of rotatable bonds is 2. The lowest BCUT2D eigenvalue weighted by molar-refractivity contribution is 0.336. The van der Waals surface area contributed by atoms with Crippen molar-refractivity contribution in [3.63, 3.8) is 0 Å². The van der Waals surface area contributed by atoms with Crippen LogP contribution in [0, 0.1) is 0 Å². The summed E-state index contributed by atoms with van der Waals surface area (Å²) in [6.45, 7) is 0. The lowest BCUT2D eigenvalue weighted by atomic mass is 10.1. The number of hydrogen-bond donors (Lipinski definition) is 1. The van der Waals surface area contributed by atoms with Gasteiger partial charge in [0.1, 0.15) is 5.69 Å². The smallest absolute Gasteiger partial charge is 0.310 e. The maximum absolute atomic E-state index is 10.0. The minimum atomic E-state index is -0.222. The summed E-state index contributed by atoms with van der Waals surface area (Å²) in [7, 11) is 0. The molecule has 112 valence electrons. The molecule has 0 spiro atoms. The van der Waals surface area contributed by atoms with Gasteiger partial charge in [-0.1, -0.05) is 29.8 Å². The second kappa shape index (κ2) is 5.41. The van der Waals surface area contributed by atoms with Crippen molar-refractivity contribution in [1.82, 2.24) is 4.98 Å². The lowest BCUT2D eigenvalue weighted by Gasteiger charge is -1.97. The number of benzene rings is 2. The first kappa shape index (κ1) is 13.8. The van der Waals surface area contributed by atoms with Gasteiger partial charge in [-0.25, -0.2) is 4.98 Å². The van der Waals surface area contributed by atoms with E-state index in [1.54, 1.807) is 36.6 Å². The first-order chi connectivity index (χ1) is 11.2. The molecule has 4 rings (SSSR count). The Hall–Kier alpha value is -2.85. The zero-order valence-corrected chi connectivity index (χ0v) is 12.7. The zero-order valence-electron chi connectivity index (χ0n) is 11.9. The van der Waals surface area contributed by atoms with E-state index >= 15 is 0 Å². The number of oxazole rings is 1. The number of fused-ring (bicyclic) bond motifs is 1. The summed E-state index contributed by atoms with van der Waals surface area (Å²) in [5.41, 5.74) is 3.90. The summed E-state index contributed by atoms with van der Waals surface area (Å²) in [6, 6.07) is 14.9. The number of halogens is 1. The number of hydrogen-bond acceptors (Lipinski definition) is 4. The number of allylic oxidation sites excluding steroid dienone is 1. The second-order valence-electron chi connectivity index (χ2n) is 5.09. The van der Waals surface area contributed by atoms with Gasteiger partial charge in [-0.05, 0) is 36.4 Å². The number of aromatic hydroxyl groups is 1. The monoisotopic (exact) mass is 322 g/mol. The van der Waals surface area contributed by atoms with Crippen molar-refractivity contribution in [2.45, 2.75) is 0 Å². The molecule has 2 aromatic carbocycles. The SMILES string of the molecule is Oc1oc(-c2ccc(Cl)cc2)nc1/C=C1/C=Nc2ccccc21. The van der Waals surface area contributed by atoms with Gasteiger partial charge in [-0.2, -0.15) is 0 Å². The van der Waals surface area contributed by atoms with Crippen molar-refractivity contribution in [2.75, 3.05) is 0 Å². The van der Waals surface area contributed by atoms with E-state index in [9.17, 15) is 5.11 Å². The van der Waals surface area contributed by atoms with Gasteiger partial charge in [0.25, 0.3) is 0 Å². The highest BCUT2D eigenvalue weighted by Crippen LogP contribution is 2.34. The van der Waals surface area contributed by atoms with Crippen molar-refractivity contribution in [3.05, 3.63) is 64.8 Å². The minimum Gasteiger partial charge on any atom is -0.479 e. The van der Waals surface area contributed by atoms with E-state index in [2.05, 4.69) is 9.98 Å². The van der Waals surface area contributed by atoms with E-state index in [-0.39, 0.29) is 5.95 Å². The highest BCUT2D eigenvalue weighted by Gasteiger charge is 2.16. The zero-order chi connectivity index (χ0) is 15.8. The molecule has 0 atom stereocenters. The molecule has 1 aliphatic rings. The van der Waals surface area contributed by atoms with Crippen LogP contribution >= 0.6 is 11.6 Å². The number of aliphatic imine (C=N–C) groups is 1. The summed E-state index contributed by atoms with van der Waals surface area (Å²) in [5, 5.41) is 10.6. The topological polar surface area (TPSA) is 58.6 Å². The lowest BCUT2D eigenvalue weighted by Crippen LogP contribution is -1.82. The van der Waals surface area contributed by atoms with E-state index in [0.29, 0.717) is 16.6 Å². The van der Waals surface area contributed by atoms with Crippen molar-refractivity contribution >= 4 is 35.2 Å². The Kier molecular flexibility index (Phi) is 3.24. The Morgan fingerprint density at radius 1 is 1.04 bits per heavy atom. The maximum atomic E-state index is 10.0. The van der Waals surface area contributed by atoms with Crippen molar-refractivity contribution in [3.8, 4) is 17.4 Å². The van der Waals surface area contributed by atoms with Crippen molar-refractivity contribution in [1.29, 1.82) is 0 Å². The molecule has 1 N–H and O–H groups in total. The van der Waals surface area contributed by atoms with E-state index in [1.165, 1.54) is 0 Å². The molecule has 4 nitrogen and oxygen atoms in total. The molecular formula is C18H11ClN2O2. The molecular weight excluding hydrogens is 312 g/mol. The van der Waals surface area contributed by atoms with Gasteiger partial charge in [-0.3, -0.25) is 4.99 Å². The third-order valence-electron chi connectivity index (χ3n) is 3.58. The Morgan fingerprint density at radius 3 is 2.65 bits per heavy atom. The molecule has 0 saturated carbocycles. The Morgan fingerprint density at radius 2 is 1.83 bits per heavy atom. The van der Waals surface area contributed by atoms with Crippen LogP contribution in [0.1, 0.15) is 11.3 Å². The number of nitrogens with zero attached hydrogens (tertiary/aromatic N) is 2. The molecule has 0 amide bonds. The third-order valence-corrected chi connectivity index (χ3v) is 3.83. The predicted octanol–water partition coefficient (Wildman–Crippen LogP) is 4.96. The molecule has 1 aliphatic heterocycles. The van der Waals surface area contributed by atoms with Crippen molar-refractivity contribution in [2.24, 2.45) is 4.99 Å². The summed E-state index contributed by atoms with van der Waals surface area (Å²) < 4.78 is 5.35. The highest BCUT2D eigenvalue weighted by atomic mass is 35.5. The third kappa shape index (κ3) is 2.53. The fourth-order valence-electron chi connectivity index (χ4n) is 2.44. The van der Waals surface area contributed by atoms with E-state index in [4.69, 9.17) is 16.0 Å². The average molecular weight is 323 g/mol. The van der Waals surface area contributed by atoms with Gasteiger partial charge in [0.2, 0.25) is 5.89 Å². The Balaban J connectivity index is 1.73. The molecule has 0 unspecified atom stereocenters. The second-order valence-corrected chi connectivity index (χ2v) is 5.53.